The Labute approximate surface area is 161 Å². The van der Waals surface area contributed by atoms with Gasteiger partial charge in [0.1, 0.15) is 23.4 Å². The predicted molar refractivity (Wildman–Crippen MR) is 104 cm³/mol. The molecule has 7 nitrogen and oxygen atoms in total. The molecule has 0 aliphatic carbocycles. The van der Waals surface area contributed by atoms with E-state index in [1.165, 1.54) is 0 Å². The highest BCUT2D eigenvalue weighted by molar-refractivity contribution is 5.94. The lowest BCUT2D eigenvalue weighted by Crippen LogP contribution is -2.23. The number of pyridine rings is 1. The molecule has 1 amide bonds. The molecule has 3 heterocycles. The second kappa shape index (κ2) is 7.79. The van der Waals surface area contributed by atoms with Gasteiger partial charge in [-0.25, -0.2) is 0 Å². The minimum atomic E-state index is -0.204. The highest BCUT2D eigenvalue weighted by Crippen LogP contribution is 2.32. The van der Waals surface area contributed by atoms with Crippen LogP contribution >= 0.6 is 0 Å². The Bertz CT molecular complexity index is 1070. The Morgan fingerprint density at radius 2 is 2.07 bits per heavy atom. The predicted octanol–water partition coefficient (Wildman–Crippen LogP) is 3.67. The number of aromatic amines is 1. The zero-order valence-corrected chi connectivity index (χ0v) is 15.2. The number of rotatable bonds is 6. The smallest absolute Gasteiger partial charge is 0.267 e. The minimum absolute atomic E-state index is 0.204. The number of H-pyrrole nitrogens is 1. The molecule has 0 fully saturated rings. The van der Waals surface area contributed by atoms with Crippen molar-refractivity contribution in [2.75, 3.05) is 7.11 Å². The van der Waals surface area contributed by atoms with Gasteiger partial charge in [0.05, 0.1) is 7.11 Å². The molecule has 0 saturated heterocycles. The number of nitrogens with one attached hydrogen (secondary N) is 2. The number of methoxy groups -OCH3 is 1. The number of ether oxygens (including phenoxy) is 1. The number of hydrogen-bond acceptors (Lipinski definition) is 5. The van der Waals surface area contributed by atoms with Gasteiger partial charge < -0.3 is 19.6 Å². The summed E-state index contributed by atoms with van der Waals surface area (Å²) in [5.41, 5.74) is 4.59. The molecule has 2 N–H and O–H groups in total. The Morgan fingerprint density at radius 3 is 2.82 bits per heavy atom. The lowest BCUT2D eigenvalue weighted by Gasteiger charge is -2.03. The van der Waals surface area contributed by atoms with Crippen LogP contribution in [0.2, 0.25) is 0 Å². The molecule has 140 valence electrons. The highest BCUT2D eigenvalue weighted by Gasteiger charge is 2.16. The van der Waals surface area contributed by atoms with Crippen LogP contribution in [0.25, 0.3) is 22.4 Å². The fourth-order valence-corrected chi connectivity index (χ4v) is 2.86. The first kappa shape index (κ1) is 17.5. The van der Waals surface area contributed by atoms with Crippen molar-refractivity contribution in [3.8, 4) is 28.1 Å². The lowest BCUT2D eigenvalue weighted by molar-refractivity contribution is 0.0946. The fourth-order valence-electron chi connectivity index (χ4n) is 2.86. The van der Waals surface area contributed by atoms with Crippen LogP contribution in [0.1, 0.15) is 16.1 Å². The van der Waals surface area contributed by atoms with Crippen LogP contribution in [0.3, 0.4) is 0 Å². The van der Waals surface area contributed by atoms with Crippen molar-refractivity contribution >= 4 is 5.91 Å². The van der Waals surface area contributed by atoms with Crippen molar-refractivity contribution in [1.82, 2.24) is 20.4 Å². The first-order valence-corrected chi connectivity index (χ1v) is 8.69. The van der Waals surface area contributed by atoms with Gasteiger partial charge in [0.15, 0.2) is 0 Å². The maximum absolute atomic E-state index is 12.4. The third-order valence-corrected chi connectivity index (χ3v) is 4.35. The number of amides is 1. The second-order valence-electron chi connectivity index (χ2n) is 6.15. The van der Waals surface area contributed by atoms with Crippen LogP contribution < -0.4 is 10.1 Å². The van der Waals surface area contributed by atoms with Gasteiger partial charge >= 0.3 is 0 Å². The normalized spacial score (nSPS) is 10.6. The lowest BCUT2D eigenvalue weighted by atomic mass is 10.0. The van der Waals surface area contributed by atoms with Crippen LogP contribution in [-0.4, -0.2) is 28.1 Å². The van der Waals surface area contributed by atoms with Gasteiger partial charge in [-0.15, -0.1) is 0 Å². The fraction of sp³-hybridized carbons (Fsp3) is 0.0952. The third kappa shape index (κ3) is 3.64. The van der Waals surface area contributed by atoms with Gasteiger partial charge in [0, 0.05) is 36.3 Å². The van der Waals surface area contributed by atoms with Gasteiger partial charge in [-0.2, -0.15) is 0 Å². The Hall–Kier alpha value is -3.87. The van der Waals surface area contributed by atoms with Gasteiger partial charge in [0.25, 0.3) is 5.91 Å². The van der Waals surface area contributed by atoms with E-state index in [4.69, 9.17) is 9.26 Å². The largest absolute Gasteiger partial charge is 0.497 e. The maximum Gasteiger partial charge on any atom is 0.267 e. The average molecular weight is 374 g/mol. The summed E-state index contributed by atoms with van der Waals surface area (Å²) < 4.78 is 10.4. The summed E-state index contributed by atoms with van der Waals surface area (Å²) in [6, 6.07) is 13.1. The quantitative estimate of drug-likeness (QED) is 0.537. The van der Waals surface area contributed by atoms with E-state index in [0.717, 1.165) is 28.0 Å². The van der Waals surface area contributed by atoms with E-state index in [-0.39, 0.29) is 5.91 Å². The standard InChI is InChI=1S/C21H18N4O3/c1-27-17-6-4-15(5-7-17)18-13-28-25-20(18)16-9-19(23-12-16)21(26)24-11-14-3-2-8-22-10-14/h2-10,12-13,23H,11H2,1H3,(H,24,26). The van der Waals surface area contributed by atoms with Crippen molar-refractivity contribution in [2.24, 2.45) is 0 Å². The van der Waals surface area contributed by atoms with E-state index in [1.54, 1.807) is 38.0 Å². The van der Waals surface area contributed by atoms with Gasteiger partial charge in [-0.3, -0.25) is 9.78 Å². The first-order chi connectivity index (χ1) is 13.7. The zero-order valence-electron chi connectivity index (χ0n) is 15.2. The molecule has 0 aliphatic heterocycles. The molecule has 3 aromatic heterocycles. The van der Waals surface area contributed by atoms with Crippen molar-refractivity contribution in [1.29, 1.82) is 0 Å². The first-order valence-electron chi connectivity index (χ1n) is 8.69. The molecule has 1 aromatic carbocycles. The van der Waals surface area contributed by atoms with Crippen molar-refractivity contribution in [2.45, 2.75) is 6.54 Å². The van der Waals surface area contributed by atoms with Crippen molar-refractivity contribution in [3.05, 3.63) is 78.6 Å². The van der Waals surface area contributed by atoms with E-state index < -0.39 is 0 Å². The molecule has 0 bridgehead atoms. The average Bonchev–Trinajstić information content (AvgIpc) is 3.42. The number of nitrogens with zero attached hydrogens (tertiary/aromatic N) is 2. The Kier molecular flexibility index (Phi) is 4.88. The molecular formula is C21H18N4O3. The summed E-state index contributed by atoms with van der Waals surface area (Å²) in [6.45, 7) is 0.405. The molecule has 4 rings (SSSR count). The molecule has 4 aromatic rings. The van der Waals surface area contributed by atoms with E-state index in [2.05, 4.69) is 20.4 Å². The monoisotopic (exact) mass is 374 g/mol. The van der Waals surface area contributed by atoms with Gasteiger partial charge in [0.2, 0.25) is 0 Å². The van der Waals surface area contributed by atoms with Crippen LogP contribution in [-0.2, 0) is 6.54 Å². The number of benzene rings is 1. The molecule has 0 saturated carbocycles. The van der Waals surface area contributed by atoms with Crippen molar-refractivity contribution < 1.29 is 14.1 Å². The number of carbonyl (C=O) groups excluding carboxylic acids is 1. The SMILES string of the molecule is COc1ccc(-c2conc2-c2c[nH]c(C(=O)NCc3cccnc3)c2)cc1. The zero-order chi connectivity index (χ0) is 19.3. The summed E-state index contributed by atoms with van der Waals surface area (Å²) in [7, 11) is 1.63. The summed E-state index contributed by atoms with van der Waals surface area (Å²) in [6.07, 6.45) is 6.74. The van der Waals surface area contributed by atoms with Crippen LogP contribution in [0.5, 0.6) is 5.75 Å². The summed E-state index contributed by atoms with van der Waals surface area (Å²) in [5.74, 6) is 0.570. The minimum Gasteiger partial charge on any atom is -0.497 e. The molecule has 0 radical (unpaired) electrons. The molecular weight excluding hydrogens is 356 g/mol. The van der Waals surface area contributed by atoms with Crippen LogP contribution in [0.15, 0.2) is 71.8 Å². The van der Waals surface area contributed by atoms with Crippen LogP contribution in [0.4, 0.5) is 0 Å². The van der Waals surface area contributed by atoms with Gasteiger partial charge in [-0.05, 0) is 35.4 Å². The maximum atomic E-state index is 12.4. The molecule has 0 aliphatic rings. The van der Waals surface area contributed by atoms with Gasteiger partial charge in [-0.1, -0.05) is 23.4 Å². The van der Waals surface area contributed by atoms with E-state index in [0.29, 0.717) is 17.9 Å². The molecule has 0 unspecified atom stereocenters. The van der Waals surface area contributed by atoms with Crippen LogP contribution in [0, 0.1) is 0 Å². The topological polar surface area (TPSA) is 93.0 Å². The second-order valence-corrected chi connectivity index (χ2v) is 6.15. The Morgan fingerprint density at radius 1 is 1.21 bits per heavy atom. The molecule has 28 heavy (non-hydrogen) atoms. The summed E-state index contributed by atoms with van der Waals surface area (Å²) in [4.78, 5) is 19.4. The number of aromatic nitrogens is 3. The summed E-state index contributed by atoms with van der Waals surface area (Å²) >= 11 is 0. The molecule has 0 atom stereocenters. The highest BCUT2D eigenvalue weighted by atomic mass is 16.5. The Balaban J connectivity index is 1.51. The van der Waals surface area contributed by atoms with E-state index in [1.807, 2.05) is 36.4 Å². The van der Waals surface area contributed by atoms with E-state index >= 15 is 0 Å². The number of carbonyl (C=O) groups is 1. The molecule has 0 spiro atoms. The molecule has 7 heteroatoms. The van der Waals surface area contributed by atoms with E-state index in [9.17, 15) is 4.79 Å². The number of hydrogen-bond donors (Lipinski definition) is 2. The third-order valence-electron chi connectivity index (χ3n) is 4.35. The van der Waals surface area contributed by atoms with Crippen molar-refractivity contribution in [3.63, 3.8) is 0 Å². The summed E-state index contributed by atoms with van der Waals surface area (Å²) in [5, 5.41) is 6.97.